The fraction of sp³-hybridized carbons (Fsp3) is 1.00. The lowest BCUT2D eigenvalue weighted by Gasteiger charge is -2.37. The molecule has 0 amide bonds. The molecule has 1 aliphatic rings. The Bertz CT molecular complexity index is 169. The Labute approximate surface area is 86.5 Å². The average Bonchev–Trinajstić information content (AvgIpc) is 2.21. The molecule has 84 valence electrons. The van der Waals surface area contributed by atoms with Gasteiger partial charge in [-0.05, 0) is 26.2 Å². The standard InChI is InChI=1S/C11H23NO2/c1-3-11(2,8-13)12-9-6-4-5-7-10(9)14/h9-10,12-14H,3-8H2,1-2H3. The highest BCUT2D eigenvalue weighted by Gasteiger charge is 2.30. The molecule has 3 heteroatoms. The number of hydrogen-bond donors (Lipinski definition) is 3. The number of nitrogens with one attached hydrogen (secondary N) is 1. The maximum Gasteiger partial charge on any atom is 0.0693 e. The summed E-state index contributed by atoms with van der Waals surface area (Å²) in [5.41, 5.74) is -0.233. The summed E-state index contributed by atoms with van der Waals surface area (Å²) in [5.74, 6) is 0. The summed E-state index contributed by atoms with van der Waals surface area (Å²) in [6.07, 6.45) is 4.87. The predicted octanol–water partition coefficient (Wildman–Crippen LogP) is 1.04. The molecule has 0 radical (unpaired) electrons. The van der Waals surface area contributed by atoms with Crippen LogP contribution in [0.2, 0.25) is 0 Å². The third-order valence-electron chi connectivity index (χ3n) is 3.39. The fourth-order valence-electron chi connectivity index (χ4n) is 1.99. The van der Waals surface area contributed by atoms with Gasteiger partial charge in [0.05, 0.1) is 12.7 Å². The van der Waals surface area contributed by atoms with Gasteiger partial charge in [-0.15, -0.1) is 0 Å². The molecule has 0 aliphatic heterocycles. The van der Waals surface area contributed by atoms with Gasteiger partial charge in [-0.2, -0.15) is 0 Å². The van der Waals surface area contributed by atoms with Crippen molar-refractivity contribution in [2.45, 2.75) is 63.6 Å². The minimum absolute atomic E-state index is 0.132. The lowest BCUT2D eigenvalue weighted by atomic mass is 9.89. The normalized spacial score (nSPS) is 32.6. The first-order chi connectivity index (χ1) is 6.61. The van der Waals surface area contributed by atoms with Crippen LogP contribution in [0.15, 0.2) is 0 Å². The van der Waals surface area contributed by atoms with Gasteiger partial charge in [-0.1, -0.05) is 19.8 Å². The van der Waals surface area contributed by atoms with E-state index in [9.17, 15) is 10.2 Å². The third-order valence-corrected chi connectivity index (χ3v) is 3.39. The second kappa shape index (κ2) is 5.10. The van der Waals surface area contributed by atoms with Crippen LogP contribution in [0, 0.1) is 0 Å². The maximum atomic E-state index is 9.78. The molecular weight excluding hydrogens is 178 g/mol. The number of aliphatic hydroxyl groups excluding tert-OH is 2. The molecule has 0 spiro atoms. The van der Waals surface area contributed by atoms with Crippen molar-refractivity contribution in [3.05, 3.63) is 0 Å². The third kappa shape index (κ3) is 2.94. The van der Waals surface area contributed by atoms with E-state index in [0.717, 1.165) is 25.7 Å². The Morgan fingerprint density at radius 1 is 1.36 bits per heavy atom. The molecule has 14 heavy (non-hydrogen) atoms. The zero-order valence-corrected chi connectivity index (χ0v) is 9.29. The Hall–Kier alpha value is -0.120. The SMILES string of the molecule is CCC(C)(CO)NC1CCCCC1O. The van der Waals surface area contributed by atoms with Crippen molar-refractivity contribution in [2.24, 2.45) is 0 Å². The Balaban J connectivity index is 2.48. The molecule has 0 aromatic rings. The molecule has 0 aromatic carbocycles. The van der Waals surface area contributed by atoms with E-state index in [1.807, 2.05) is 6.92 Å². The largest absolute Gasteiger partial charge is 0.394 e. The Morgan fingerprint density at radius 3 is 2.50 bits per heavy atom. The lowest BCUT2D eigenvalue weighted by Crippen LogP contribution is -2.55. The van der Waals surface area contributed by atoms with Crippen molar-refractivity contribution in [3.8, 4) is 0 Å². The van der Waals surface area contributed by atoms with E-state index < -0.39 is 0 Å². The highest BCUT2D eigenvalue weighted by Crippen LogP contribution is 2.21. The molecule has 1 rings (SSSR count). The van der Waals surface area contributed by atoms with E-state index in [1.54, 1.807) is 0 Å². The van der Waals surface area contributed by atoms with Crippen LogP contribution in [0.25, 0.3) is 0 Å². The molecule has 1 fully saturated rings. The molecule has 3 unspecified atom stereocenters. The minimum Gasteiger partial charge on any atom is -0.394 e. The van der Waals surface area contributed by atoms with E-state index in [1.165, 1.54) is 6.42 Å². The van der Waals surface area contributed by atoms with Crippen LogP contribution in [0.3, 0.4) is 0 Å². The summed E-state index contributed by atoms with van der Waals surface area (Å²) >= 11 is 0. The van der Waals surface area contributed by atoms with Crippen molar-refractivity contribution in [3.63, 3.8) is 0 Å². The highest BCUT2D eigenvalue weighted by molar-refractivity contribution is 4.89. The van der Waals surface area contributed by atoms with E-state index in [2.05, 4.69) is 12.2 Å². The topological polar surface area (TPSA) is 52.5 Å². The van der Waals surface area contributed by atoms with Crippen LogP contribution >= 0.6 is 0 Å². The average molecular weight is 201 g/mol. The smallest absolute Gasteiger partial charge is 0.0693 e. The Kier molecular flexibility index (Phi) is 4.35. The van der Waals surface area contributed by atoms with E-state index in [-0.39, 0.29) is 24.3 Å². The summed E-state index contributed by atoms with van der Waals surface area (Å²) in [6.45, 7) is 4.19. The molecule has 0 bridgehead atoms. The van der Waals surface area contributed by atoms with Crippen molar-refractivity contribution in [1.29, 1.82) is 0 Å². The van der Waals surface area contributed by atoms with Gasteiger partial charge in [-0.25, -0.2) is 0 Å². The van der Waals surface area contributed by atoms with Crippen LogP contribution in [0.5, 0.6) is 0 Å². The number of rotatable bonds is 4. The van der Waals surface area contributed by atoms with Crippen molar-refractivity contribution in [1.82, 2.24) is 5.32 Å². The van der Waals surface area contributed by atoms with Crippen LogP contribution in [-0.4, -0.2) is 34.5 Å². The van der Waals surface area contributed by atoms with Gasteiger partial charge < -0.3 is 15.5 Å². The summed E-state index contributed by atoms with van der Waals surface area (Å²) < 4.78 is 0. The number of aliphatic hydroxyl groups is 2. The monoisotopic (exact) mass is 201 g/mol. The van der Waals surface area contributed by atoms with Crippen molar-refractivity contribution >= 4 is 0 Å². The van der Waals surface area contributed by atoms with Gasteiger partial charge in [0.1, 0.15) is 0 Å². The molecule has 1 saturated carbocycles. The summed E-state index contributed by atoms with van der Waals surface area (Å²) in [7, 11) is 0. The van der Waals surface area contributed by atoms with E-state index in [0.29, 0.717) is 0 Å². The minimum atomic E-state index is -0.235. The first-order valence-corrected chi connectivity index (χ1v) is 5.68. The second-order valence-corrected chi connectivity index (χ2v) is 4.67. The quantitative estimate of drug-likeness (QED) is 0.637. The zero-order valence-electron chi connectivity index (χ0n) is 9.29. The Morgan fingerprint density at radius 2 is 2.00 bits per heavy atom. The van der Waals surface area contributed by atoms with Gasteiger partial charge in [0, 0.05) is 11.6 Å². The van der Waals surface area contributed by atoms with Crippen molar-refractivity contribution in [2.75, 3.05) is 6.61 Å². The maximum absolute atomic E-state index is 9.78. The second-order valence-electron chi connectivity index (χ2n) is 4.67. The zero-order chi connectivity index (χ0) is 10.6. The van der Waals surface area contributed by atoms with Crippen LogP contribution in [0.1, 0.15) is 46.0 Å². The molecule has 0 heterocycles. The van der Waals surface area contributed by atoms with Crippen molar-refractivity contribution < 1.29 is 10.2 Å². The fourth-order valence-corrected chi connectivity index (χ4v) is 1.99. The molecule has 3 atom stereocenters. The van der Waals surface area contributed by atoms with E-state index in [4.69, 9.17) is 0 Å². The highest BCUT2D eigenvalue weighted by atomic mass is 16.3. The van der Waals surface area contributed by atoms with Gasteiger partial charge in [-0.3, -0.25) is 0 Å². The lowest BCUT2D eigenvalue weighted by molar-refractivity contribution is 0.0582. The molecule has 3 N–H and O–H groups in total. The number of hydrogen-bond acceptors (Lipinski definition) is 3. The van der Waals surface area contributed by atoms with Crippen LogP contribution in [0.4, 0.5) is 0 Å². The molecular formula is C11H23NO2. The molecule has 1 aliphatic carbocycles. The van der Waals surface area contributed by atoms with Crippen LogP contribution in [-0.2, 0) is 0 Å². The van der Waals surface area contributed by atoms with Gasteiger partial charge in [0.2, 0.25) is 0 Å². The summed E-state index contributed by atoms with van der Waals surface area (Å²) in [6, 6.07) is 0.167. The first kappa shape index (κ1) is 12.0. The summed E-state index contributed by atoms with van der Waals surface area (Å²) in [4.78, 5) is 0. The van der Waals surface area contributed by atoms with E-state index >= 15 is 0 Å². The predicted molar refractivity (Wildman–Crippen MR) is 57.2 cm³/mol. The summed E-state index contributed by atoms with van der Waals surface area (Å²) in [5, 5.41) is 22.4. The molecule has 0 aromatic heterocycles. The molecule has 3 nitrogen and oxygen atoms in total. The first-order valence-electron chi connectivity index (χ1n) is 5.68. The van der Waals surface area contributed by atoms with Gasteiger partial charge in [0.15, 0.2) is 0 Å². The van der Waals surface area contributed by atoms with Gasteiger partial charge >= 0.3 is 0 Å². The molecule has 0 saturated heterocycles. The van der Waals surface area contributed by atoms with Crippen LogP contribution < -0.4 is 5.32 Å². The van der Waals surface area contributed by atoms with Gasteiger partial charge in [0.25, 0.3) is 0 Å².